The average Bonchev–Trinajstić information content (AvgIpc) is 2.53. The van der Waals surface area contributed by atoms with E-state index in [2.05, 4.69) is 41.7 Å². The summed E-state index contributed by atoms with van der Waals surface area (Å²) in [5.74, 6) is 1.03. The highest BCUT2D eigenvalue weighted by molar-refractivity contribution is 5.87. The van der Waals surface area contributed by atoms with Gasteiger partial charge in [-0.25, -0.2) is 0 Å². The molecule has 1 aliphatic heterocycles. The van der Waals surface area contributed by atoms with Crippen LogP contribution in [-0.2, 0) is 6.42 Å². The Bertz CT molecular complexity index is 573. The number of methoxy groups -OCH3 is 1. The lowest BCUT2D eigenvalue weighted by Crippen LogP contribution is -2.34. The van der Waals surface area contributed by atoms with Crippen LogP contribution in [0, 0.1) is 0 Å². The first-order chi connectivity index (χ1) is 9.88. The molecule has 0 saturated carbocycles. The van der Waals surface area contributed by atoms with Crippen LogP contribution in [0.2, 0.25) is 0 Å². The minimum Gasteiger partial charge on any atom is -0.496 e. The van der Waals surface area contributed by atoms with Gasteiger partial charge in [0.2, 0.25) is 0 Å². The van der Waals surface area contributed by atoms with E-state index in [1.54, 1.807) is 7.11 Å². The molecule has 1 aliphatic rings. The van der Waals surface area contributed by atoms with E-state index in [0.717, 1.165) is 12.2 Å². The van der Waals surface area contributed by atoms with Crippen LogP contribution in [0.1, 0.15) is 31.2 Å². The molecule has 1 saturated heterocycles. The van der Waals surface area contributed by atoms with Gasteiger partial charge in [-0.1, -0.05) is 36.8 Å². The van der Waals surface area contributed by atoms with Crippen LogP contribution in [0.25, 0.3) is 10.8 Å². The van der Waals surface area contributed by atoms with Gasteiger partial charge >= 0.3 is 0 Å². The maximum Gasteiger partial charge on any atom is 0.122 e. The number of piperidine rings is 1. The zero-order chi connectivity index (χ0) is 13.8. The second kappa shape index (κ2) is 6.27. The summed E-state index contributed by atoms with van der Waals surface area (Å²) >= 11 is 0. The summed E-state index contributed by atoms with van der Waals surface area (Å²) in [6.07, 6.45) is 6.29. The Morgan fingerprint density at radius 3 is 2.85 bits per heavy atom. The Morgan fingerprint density at radius 1 is 1.15 bits per heavy atom. The topological polar surface area (TPSA) is 21.3 Å². The van der Waals surface area contributed by atoms with Crippen LogP contribution < -0.4 is 10.1 Å². The van der Waals surface area contributed by atoms with E-state index in [-0.39, 0.29) is 0 Å². The third-order valence-electron chi connectivity index (χ3n) is 4.37. The molecule has 106 valence electrons. The summed E-state index contributed by atoms with van der Waals surface area (Å²) in [4.78, 5) is 0. The average molecular weight is 269 g/mol. The molecule has 0 aromatic heterocycles. The van der Waals surface area contributed by atoms with Gasteiger partial charge in [0.15, 0.2) is 0 Å². The molecule has 2 heteroatoms. The van der Waals surface area contributed by atoms with E-state index >= 15 is 0 Å². The molecular formula is C18H23NO. The Labute approximate surface area is 121 Å². The van der Waals surface area contributed by atoms with Gasteiger partial charge in [-0.2, -0.15) is 0 Å². The zero-order valence-corrected chi connectivity index (χ0v) is 12.2. The fraction of sp³-hybridized carbons (Fsp3) is 0.444. The number of hydrogen-bond acceptors (Lipinski definition) is 2. The van der Waals surface area contributed by atoms with Crippen molar-refractivity contribution in [3.63, 3.8) is 0 Å². The van der Waals surface area contributed by atoms with Crippen molar-refractivity contribution < 1.29 is 4.74 Å². The summed E-state index contributed by atoms with van der Waals surface area (Å²) < 4.78 is 5.57. The molecule has 2 aromatic rings. The highest BCUT2D eigenvalue weighted by Crippen LogP contribution is 2.29. The maximum absolute atomic E-state index is 5.57. The first-order valence-electron chi connectivity index (χ1n) is 7.66. The largest absolute Gasteiger partial charge is 0.496 e. The zero-order valence-electron chi connectivity index (χ0n) is 12.2. The molecule has 1 unspecified atom stereocenters. The van der Waals surface area contributed by atoms with Crippen LogP contribution in [-0.4, -0.2) is 19.7 Å². The quantitative estimate of drug-likeness (QED) is 0.908. The lowest BCUT2D eigenvalue weighted by Gasteiger charge is -2.24. The SMILES string of the molecule is COc1ccc2ccccc2c1CCC1CCCCN1. The number of rotatable bonds is 4. The predicted molar refractivity (Wildman–Crippen MR) is 84.5 cm³/mol. The van der Waals surface area contributed by atoms with Crippen molar-refractivity contribution in [2.75, 3.05) is 13.7 Å². The first-order valence-corrected chi connectivity index (χ1v) is 7.66. The number of ether oxygens (including phenoxy) is 1. The van der Waals surface area contributed by atoms with Crippen molar-refractivity contribution in [2.24, 2.45) is 0 Å². The monoisotopic (exact) mass is 269 g/mol. The molecule has 1 fully saturated rings. The molecule has 0 amide bonds. The molecule has 0 radical (unpaired) electrons. The van der Waals surface area contributed by atoms with Crippen LogP contribution in [0.4, 0.5) is 0 Å². The van der Waals surface area contributed by atoms with Gasteiger partial charge < -0.3 is 10.1 Å². The van der Waals surface area contributed by atoms with Crippen LogP contribution >= 0.6 is 0 Å². The molecule has 1 heterocycles. The molecule has 2 nitrogen and oxygen atoms in total. The fourth-order valence-corrected chi connectivity index (χ4v) is 3.25. The Hall–Kier alpha value is -1.54. The molecule has 1 atom stereocenters. The van der Waals surface area contributed by atoms with E-state index in [4.69, 9.17) is 4.74 Å². The van der Waals surface area contributed by atoms with Crippen molar-refractivity contribution in [1.29, 1.82) is 0 Å². The van der Waals surface area contributed by atoms with Gasteiger partial charge in [-0.15, -0.1) is 0 Å². The Balaban J connectivity index is 1.84. The highest BCUT2D eigenvalue weighted by Gasteiger charge is 2.14. The molecule has 1 N–H and O–H groups in total. The third-order valence-corrected chi connectivity index (χ3v) is 4.37. The molecule has 0 bridgehead atoms. The van der Waals surface area contributed by atoms with Crippen LogP contribution in [0.5, 0.6) is 5.75 Å². The van der Waals surface area contributed by atoms with Crippen LogP contribution in [0.3, 0.4) is 0 Å². The van der Waals surface area contributed by atoms with Gasteiger partial charge in [0.05, 0.1) is 7.11 Å². The predicted octanol–water partition coefficient (Wildman–Crippen LogP) is 3.92. The molecule has 0 spiro atoms. The second-order valence-electron chi connectivity index (χ2n) is 5.65. The first kappa shape index (κ1) is 13.4. The highest BCUT2D eigenvalue weighted by atomic mass is 16.5. The minimum atomic E-state index is 0.674. The standard InChI is InChI=1S/C18H23NO/c1-20-18-12-9-14-6-2-3-8-16(14)17(18)11-10-15-7-4-5-13-19-15/h2-3,6,8-9,12,15,19H,4-5,7,10-11,13H2,1H3. The van der Waals surface area contributed by atoms with Crippen molar-refractivity contribution in [2.45, 2.75) is 38.1 Å². The van der Waals surface area contributed by atoms with Crippen LogP contribution in [0.15, 0.2) is 36.4 Å². The third kappa shape index (κ3) is 2.80. The van der Waals surface area contributed by atoms with Crippen molar-refractivity contribution >= 4 is 10.8 Å². The van der Waals surface area contributed by atoms with Gasteiger partial charge in [0.1, 0.15) is 5.75 Å². The van der Waals surface area contributed by atoms with E-state index in [1.807, 2.05) is 0 Å². The number of nitrogens with one attached hydrogen (secondary N) is 1. The van der Waals surface area contributed by atoms with Crippen molar-refractivity contribution in [3.05, 3.63) is 42.0 Å². The fourth-order valence-electron chi connectivity index (χ4n) is 3.25. The van der Waals surface area contributed by atoms with E-state index < -0.39 is 0 Å². The smallest absolute Gasteiger partial charge is 0.122 e. The molecule has 0 aliphatic carbocycles. The summed E-state index contributed by atoms with van der Waals surface area (Å²) in [5.41, 5.74) is 1.36. The minimum absolute atomic E-state index is 0.674. The maximum atomic E-state index is 5.57. The van der Waals surface area contributed by atoms with E-state index in [9.17, 15) is 0 Å². The lowest BCUT2D eigenvalue weighted by molar-refractivity contribution is 0.377. The number of benzene rings is 2. The normalized spacial score (nSPS) is 19.1. The van der Waals surface area contributed by atoms with Gasteiger partial charge in [0, 0.05) is 11.6 Å². The van der Waals surface area contributed by atoms with Gasteiger partial charge in [0.25, 0.3) is 0 Å². The molecular weight excluding hydrogens is 246 g/mol. The van der Waals surface area contributed by atoms with Gasteiger partial charge in [-0.3, -0.25) is 0 Å². The van der Waals surface area contributed by atoms with E-state index in [1.165, 1.54) is 48.6 Å². The Kier molecular flexibility index (Phi) is 4.22. The van der Waals surface area contributed by atoms with Crippen molar-refractivity contribution in [3.8, 4) is 5.75 Å². The van der Waals surface area contributed by atoms with Crippen molar-refractivity contribution in [1.82, 2.24) is 5.32 Å². The number of hydrogen-bond donors (Lipinski definition) is 1. The summed E-state index contributed by atoms with van der Waals surface area (Å²) in [6, 6.07) is 13.5. The number of fused-ring (bicyclic) bond motifs is 1. The summed E-state index contributed by atoms with van der Waals surface area (Å²) in [6.45, 7) is 1.18. The summed E-state index contributed by atoms with van der Waals surface area (Å²) in [5, 5.41) is 6.28. The second-order valence-corrected chi connectivity index (χ2v) is 5.65. The Morgan fingerprint density at radius 2 is 2.05 bits per heavy atom. The van der Waals surface area contributed by atoms with Gasteiger partial charge in [-0.05, 0) is 49.1 Å². The molecule has 20 heavy (non-hydrogen) atoms. The number of aryl methyl sites for hydroxylation is 1. The summed E-state index contributed by atoms with van der Waals surface area (Å²) in [7, 11) is 1.77. The molecule has 3 rings (SSSR count). The molecule has 2 aromatic carbocycles. The lowest BCUT2D eigenvalue weighted by atomic mass is 9.94. The van der Waals surface area contributed by atoms with E-state index in [0.29, 0.717) is 6.04 Å².